The summed E-state index contributed by atoms with van der Waals surface area (Å²) in [7, 11) is 1.40. The van der Waals surface area contributed by atoms with Gasteiger partial charge >= 0.3 is 0 Å². The summed E-state index contributed by atoms with van der Waals surface area (Å²) in [4.78, 5) is 18.3. The van der Waals surface area contributed by atoms with Crippen molar-refractivity contribution in [3.8, 4) is 0 Å². The minimum Gasteiger partial charge on any atom is -0.382 e. The molecule has 1 aliphatic rings. The number of alkyl halides is 2. The minimum atomic E-state index is -2.68. The van der Waals surface area contributed by atoms with Gasteiger partial charge in [0.2, 0.25) is 17.8 Å². The molecule has 0 saturated carbocycles. The Bertz CT molecular complexity index is 1150. The molecule has 1 saturated heterocycles. The van der Waals surface area contributed by atoms with Crippen molar-refractivity contribution >= 4 is 23.7 Å². The first-order valence-electron chi connectivity index (χ1n) is 10.6. The van der Waals surface area contributed by atoms with Gasteiger partial charge in [-0.25, -0.2) is 17.6 Å². The van der Waals surface area contributed by atoms with Crippen LogP contribution in [0, 0.1) is 18.6 Å². The summed E-state index contributed by atoms with van der Waals surface area (Å²) in [6.07, 6.45) is -3.10. The van der Waals surface area contributed by atoms with E-state index in [1.807, 2.05) is 6.92 Å². The van der Waals surface area contributed by atoms with Gasteiger partial charge in [0.15, 0.2) is 5.82 Å². The number of H-pyrrole nitrogens is 1. The molecule has 0 radical (unpaired) electrons. The van der Waals surface area contributed by atoms with Crippen LogP contribution in [-0.4, -0.2) is 76.1 Å². The first-order valence-corrected chi connectivity index (χ1v) is 10.6. The molecule has 2 atom stereocenters. The highest BCUT2D eigenvalue weighted by molar-refractivity contribution is 5.53. The molecule has 35 heavy (non-hydrogen) atoms. The van der Waals surface area contributed by atoms with Gasteiger partial charge in [-0.15, -0.1) is 0 Å². The number of aromatic nitrogens is 6. The molecule has 1 aliphatic heterocycles. The summed E-state index contributed by atoms with van der Waals surface area (Å²) >= 11 is 0. The molecule has 188 valence electrons. The van der Waals surface area contributed by atoms with Crippen molar-refractivity contribution in [2.45, 2.75) is 25.5 Å². The maximum absolute atomic E-state index is 14.4. The number of nitrogens with one attached hydrogen (secondary N) is 3. The van der Waals surface area contributed by atoms with E-state index in [4.69, 9.17) is 9.47 Å². The van der Waals surface area contributed by atoms with Crippen molar-refractivity contribution in [2.75, 3.05) is 48.9 Å². The van der Waals surface area contributed by atoms with Gasteiger partial charge in [-0.2, -0.15) is 20.1 Å². The second-order valence-corrected chi connectivity index (χ2v) is 7.71. The number of methoxy groups -OCH3 is 1. The number of nitrogens with zero attached hydrogens (tertiary/aromatic N) is 6. The number of halogens is 4. The molecule has 3 aromatic heterocycles. The highest BCUT2D eigenvalue weighted by atomic mass is 19.3. The van der Waals surface area contributed by atoms with Crippen LogP contribution in [0.5, 0.6) is 0 Å². The Kier molecular flexibility index (Phi) is 7.55. The minimum absolute atomic E-state index is 0.0163. The summed E-state index contributed by atoms with van der Waals surface area (Å²) in [6, 6.07) is 1.52. The number of anilines is 4. The molecule has 2 unspecified atom stereocenters. The molecule has 0 aliphatic carbocycles. The van der Waals surface area contributed by atoms with Crippen LogP contribution >= 0.6 is 0 Å². The van der Waals surface area contributed by atoms with Crippen molar-refractivity contribution in [1.29, 1.82) is 0 Å². The molecular formula is C20H23F4N9O2. The number of hydrogen-bond donors (Lipinski definition) is 3. The van der Waals surface area contributed by atoms with E-state index in [9.17, 15) is 17.6 Å². The Morgan fingerprint density at radius 3 is 2.71 bits per heavy atom. The molecule has 0 amide bonds. The number of aromatic amines is 1. The lowest BCUT2D eigenvalue weighted by Gasteiger charge is -2.32. The monoisotopic (exact) mass is 497 g/mol. The Hall–Kier alpha value is -3.59. The van der Waals surface area contributed by atoms with Gasteiger partial charge in [0.1, 0.15) is 23.4 Å². The van der Waals surface area contributed by atoms with Gasteiger partial charge in [-0.05, 0) is 6.92 Å². The largest absolute Gasteiger partial charge is 0.382 e. The average molecular weight is 497 g/mol. The van der Waals surface area contributed by atoms with Crippen LogP contribution in [-0.2, 0) is 9.47 Å². The molecule has 11 nitrogen and oxygen atoms in total. The number of aryl methyl sites for hydroxylation is 1. The molecule has 15 heteroatoms. The molecule has 4 heterocycles. The summed E-state index contributed by atoms with van der Waals surface area (Å²) in [5.74, 6) is -1.16. The third-order valence-electron chi connectivity index (χ3n) is 5.03. The average Bonchev–Trinajstić information content (AvgIpc) is 3.23. The predicted octanol–water partition coefficient (Wildman–Crippen LogP) is 2.59. The second kappa shape index (κ2) is 10.8. The fourth-order valence-electron chi connectivity index (χ4n) is 3.43. The highest BCUT2D eigenvalue weighted by Crippen LogP contribution is 2.24. The number of pyridine rings is 1. The Morgan fingerprint density at radius 1 is 1.23 bits per heavy atom. The molecule has 0 aromatic carbocycles. The van der Waals surface area contributed by atoms with E-state index in [0.717, 1.165) is 11.9 Å². The summed E-state index contributed by atoms with van der Waals surface area (Å²) in [5, 5.41) is 12.7. The number of morpholine rings is 1. The molecule has 0 spiro atoms. The molecular weight excluding hydrogens is 474 g/mol. The smallest absolute Gasteiger partial charge is 0.266 e. The van der Waals surface area contributed by atoms with Gasteiger partial charge in [0, 0.05) is 31.5 Å². The summed E-state index contributed by atoms with van der Waals surface area (Å²) < 4.78 is 64.5. The standard InChI is InChI=1S/C20H23F4N9O2/c1-10-5-15(32-31-10)27-19-28-18(26-13(9-34-2)16-12(22)6-11(21)7-25-16)29-20(30-19)33-3-4-35-14(8-33)17(23)24/h5-7,13-14,17H,3-4,8-9H2,1-2H3,(H3,26,27,28,29,30,31,32). The first kappa shape index (κ1) is 24.5. The van der Waals surface area contributed by atoms with Crippen LogP contribution in [0.25, 0.3) is 0 Å². The van der Waals surface area contributed by atoms with Crippen molar-refractivity contribution in [2.24, 2.45) is 0 Å². The van der Waals surface area contributed by atoms with E-state index in [1.54, 1.807) is 6.07 Å². The fourth-order valence-corrected chi connectivity index (χ4v) is 3.43. The molecule has 3 N–H and O–H groups in total. The van der Waals surface area contributed by atoms with Crippen molar-refractivity contribution in [3.63, 3.8) is 0 Å². The van der Waals surface area contributed by atoms with Crippen LogP contribution < -0.4 is 15.5 Å². The van der Waals surface area contributed by atoms with E-state index < -0.39 is 30.2 Å². The Morgan fingerprint density at radius 2 is 2.03 bits per heavy atom. The summed E-state index contributed by atoms with van der Waals surface area (Å²) in [5.41, 5.74) is 0.669. The third-order valence-corrected chi connectivity index (χ3v) is 5.03. The number of ether oxygens (including phenoxy) is 2. The first-order chi connectivity index (χ1) is 16.8. The van der Waals surface area contributed by atoms with E-state index in [-0.39, 0.29) is 49.8 Å². The lowest BCUT2D eigenvalue weighted by Crippen LogP contribution is -2.46. The third kappa shape index (κ3) is 6.10. The lowest BCUT2D eigenvalue weighted by atomic mass is 10.2. The van der Waals surface area contributed by atoms with Crippen molar-refractivity contribution in [1.82, 2.24) is 30.1 Å². The van der Waals surface area contributed by atoms with Crippen molar-refractivity contribution < 1.29 is 27.0 Å². The van der Waals surface area contributed by atoms with Crippen LogP contribution in [0.3, 0.4) is 0 Å². The molecule has 0 bridgehead atoms. The zero-order valence-electron chi connectivity index (χ0n) is 18.8. The number of rotatable bonds is 9. The quantitative estimate of drug-likeness (QED) is 0.380. The maximum atomic E-state index is 14.4. The van der Waals surface area contributed by atoms with Gasteiger partial charge in [0.25, 0.3) is 6.43 Å². The van der Waals surface area contributed by atoms with Crippen molar-refractivity contribution in [3.05, 3.63) is 41.4 Å². The zero-order valence-corrected chi connectivity index (χ0v) is 18.8. The Labute approximate surface area is 197 Å². The summed E-state index contributed by atoms with van der Waals surface area (Å²) in [6.45, 7) is 1.94. The molecule has 4 rings (SSSR count). The van der Waals surface area contributed by atoms with Gasteiger partial charge in [0.05, 0.1) is 32.0 Å². The van der Waals surface area contributed by atoms with E-state index in [0.29, 0.717) is 11.9 Å². The van der Waals surface area contributed by atoms with E-state index >= 15 is 0 Å². The van der Waals surface area contributed by atoms with Crippen LogP contribution in [0.2, 0.25) is 0 Å². The van der Waals surface area contributed by atoms with Gasteiger partial charge in [-0.1, -0.05) is 0 Å². The Balaban J connectivity index is 1.67. The topological polar surface area (TPSA) is 126 Å². The molecule has 1 fully saturated rings. The van der Waals surface area contributed by atoms with E-state index in [2.05, 4.69) is 40.8 Å². The fraction of sp³-hybridized carbons (Fsp3) is 0.450. The number of hydrogen-bond acceptors (Lipinski definition) is 10. The van der Waals surface area contributed by atoms with Crippen LogP contribution in [0.4, 0.5) is 41.2 Å². The van der Waals surface area contributed by atoms with E-state index in [1.165, 1.54) is 12.0 Å². The molecule has 3 aromatic rings. The lowest BCUT2D eigenvalue weighted by molar-refractivity contribution is -0.0617. The van der Waals surface area contributed by atoms with Gasteiger partial charge in [-0.3, -0.25) is 10.1 Å². The van der Waals surface area contributed by atoms with Crippen LogP contribution in [0.15, 0.2) is 18.3 Å². The maximum Gasteiger partial charge on any atom is 0.266 e. The second-order valence-electron chi connectivity index (χ2n) is 7.71. The SMILES string of the molecule is COCC(Nc1nc(Nc2cc(C)[nH]n2)nc(N2CCOC(C(F)F)C2)n1)c1ncc(F)cc1F. The highest BCUT2D eigenvalue weighted by Gasteiger charge is 2.30. The normalized spacial score (nSPS) is 17.0. The van der Waals surface area contributed by atoms with Gasteiger partial charge < -0.3 is 25.0 Å². The zero-order chi connectivity index (χ0) is 24.9. The van der Waals surface area contributed by atoms with Crippen LogP contribution in [0.1, 0.15) is 17.4 Å². The predicted molar refractivity (Wildman–Crippen MR) is 117 cm³/mol.